The van der Waals surface area contributed by atoms with Crippen LogP contribution in [0.3, 0.4) is 0 Å². The standard InChI is InChI=1S/C14H27NO/c1-11(2)10-12(16)15-14(13(3,4)5)8-6-7-9-14/h11H,6-10H2,1-5H3,(H,15,16). The monoisotopic (exact) mass is 225 g/mol. The van der Waals surface area contributed by atoms with E-state index in [9.17, 15) is 4.79 Å². The van der Waals surface area contributed by atoms with Crippen LogP contribution in [0.5, 0.6) is 0 Å². The van der Waals surface area contributed by atoms with Gasteiger partial charge in [-0.15, -0.1) is 0 Å². The Labute approximate surface area is 100 Å². The molecule has 0 bridgehead atoms. The molecular weight excluding hydrogens is 198 g/mol. The van der Waals surface area contributed by atoms with Gasteiger partial charge in [0.1, 0.15) is 0 Å². The Kier molecular flexibility index (Phi) is 4.03. The van der Waals surface area contributed by atoms with Crippen LogP contribution in [0.1, 0.15) is 66.7 Å². The van der Waals surface area contributed by atoms with E-state index in [1.807, 2.05) is 0 Å². The van der Waals surface area contributed by atoms with E-state index in [0.29, 0.717) is 12.3 Å². The summed E-state index contributed by atoms with van der Waals surface area (Å²) in [4.78, 5) is 12.0. The maximum absolute atomic E-state index is 12.0. The molecule has 1 N–H and O–H groups in total. The van der Waals surface area contributed by atoms with Crippen molar-refractivity contribution in [2.45, 2.75) is 72.3 Å². The number of amides is 1. The van der Waals surface area contributed by atoms with Crippen LogP contribution in [-0.4, -0.2) is 11.4 Å². The number of nitrogens with one attached hydrogen (secondary N) is 1. The van der Waals surface area contributed by atoms with Crippen molar-refractivity contribution in [3.63, 3.8) is 0 Å². The minimum absolute atomic E-state index is 0.0406. The fourth-order valence-corrected chi connectivity index (χ4v) is 2.73. The molecule has 0 aromatic heterocycles. The normalized spacial score (nSPS) is 20.1. The molecule has 16 heavy (non-hydrogen) atoms. The molecule has 1 amide bonds. The zero-order chi connectivity index (χ0) is 12.4. The van der Waals surface area contributed by atoms with Gasteiger partial charge in [0, 0.05) is 12.0 Å². The molecule has 1 saturated carbocycles. The molecular formula is C14H27NO. The van der Waals surface area contributed by atoms with Crippen LogP contribution in [-0.2, 0) is 4.79 Å². The second-order valence-corrected chi connectivity index (χ2v) is 6.69. The van der Waals surface area contributed by atoms with Crippen molar-refractivity contribution in [1.82, 2.24) is 5.32 Å². The lowest BCUT2D eigenvalue weighted by molar-refractivity contribution is -0.125. The van der Waals surface area contributed by atoms with Crippen LogP contribution in [0.25, 0.3) is 0 Å². The summed E-state index contributed by atoms with van der Waals surface area (Å²) < 4.78 is 0. The largest absolute Gasteiger partial charge is 0.350 e. The first kappa shape index (κ1) is 13.5. The second kappa shape index (κ2) is 4.77. The molecule has 1 aliphatic rings. The maximum atomic E-state index is 12.0. The fraction of sp³-hybridized carbons (Fsp3) is 0.929. The third kappa shape index (κ3) is 2.99. The van der Waals surface area contributed by atoms with E-state index in [1.165, 1.54) is 12.8 Å². The second-order valence-electron chi connectivity index (χ2n) is 6.69. The molecule has 2 heteroatoms. The van der Waals surface area contributed by atoms with Crippen molar-refractivity contribution in [3.05, 3.63) is 0 Å². The van der Waals surface area contributed by atoms with Crippen LogP contribution >= 0.6 is 0 Å². The summed E-state index contributed by atoms with van der Waals surface area (Å²) in [6.07, 6.45) is 5.43. The molecule has 0 aromatic rings. The minimum Gasteiger partial charge on any atom is -0.350 e. The summed E-state index contributed by atoms with van der Waals surface area (Å²) in [5.41, 5.74) is 0.203. The predicted octanol–water partition coefficient (Wildman–Crippen LogP) is 3.51. The Morgan fingerprint density at radius 3 is 2.12 bits per heavy atom. The first-order chi connectivity index (χ1) is 7.27. The summed E-state index contributed by atoms with van der Waals surface area (Å²) in [5, 5.41) is 3.32. The van der Waals surface area contributed by atoms with Crippen molar-refractivity contribution >= 4 is 5.91 Å². The van der Waals surface area contributed by atoms with Gasteiger partial charge in [-0.25, -0.2) is 0 Å². The Morgan fingerprint density at radius 2 is 1.75 bits per heavy atom. The van der Waals surface area contributed by atoms with Gasteiger partial charge < -0.3 is 5.32 Å². The summed E-state index contributed by atoms with van der Waals surface area (Å²) in [6.45, 7) is 10.9. The lowest BCUT2D eigenvalue weighted by Gasteiger charge is -2.43. The Hall–Kier alpha value is -0.530. The number of rotatable bonds is 3. The molecule has 0 radical (unpaired) electrons. The molecule has 0 saturated heterocycles. The van der Waals surface area contributed by atoms with Gasteiger partial charge in [-0.3, -0.25) is 4.79 Å². The highest BCUT2D eigenvalue weighted by atomic mass is 16.1. The van der Waals surface area contributed by atoms with Gasteiger partial charge in [-0.1, -0.05) is 47.5 Å². The average Bonchev–Trinajstić information content (AvgIpc) is 2.50. The molecule has 0 heterocycles. The lowest BCUT2D eigenvalue weighted by atomic mass is 9.72. The van der Waals surface area contributed by atoms with Crippen molar-refractivity contribution in [1.29, 1.82) is 0 Å². The van der Waals surface area contributed by atoms with Gasteiger partial charge in [0.15, 0.2) is 0 Å². The number of hydrogen-bond donors (Lipinski definition) is 1. The first-order valence-electron chi connectivity index (χ1n) is 6.58. The topological polar surface area (TPSA) is 29.1 Å². The molecule has 1 rings (SSSR count). The maximum Gasteiger partial charge on any atom is 0.220 e. The van der Waals surface area contributed by atoms with E-state index in [-0.39, 0.29) is 16.9 Å². The van der Waals surface area contributed by atoms with E-state index >= 15 is 0 Å². The summed E-state index contributed by atoms with van der Waals surface area (Å²) in [5.74, 6) is 0.672. The third-order valence-electron chi connectivity index (χ3n) is 3.87. The van der Waals surface area contributed by atoms with Crippen LogP contribution in [0, 0.1) is 11.3 Å². The molecule has 0 unspecified atom stereocenters. The summed E-state index contributed by atoms with van der Waals surface area (Å²) >= 11 is 0. The zero-order valence-electron chi connectivity index (χ0n) is 11.5. The van der Waals surface area contributed by atoms with Gasteiger partial charge in [0.05, 0.1) is 0 Å². The van der Waals surface area contributed by atoms with Crippen LogP contribution in [0.15, 0.2) is 0 Å². The van der Waals surface area contributed by atoms with Crippen molar-refractivity contribution in [2.75, 3.05) is 0 Å². The highest BCUT2D eigenvalue weighted by Gasteiger charge is 2.44. The smallest absolute Gasteiger partial charge is 0.220 e. The molecule has 0 spiro atoms. The SMILES string of the molecule is CC(C)CC(=O)NC1(C(C)(C)C)CCCC1. The van der Waals surface area contributed by atoms with Crippen LogP contribution in [0.4, 0.5) is 0 Å². The highest BCUT2D eigenvalue weighted by Crippen LogP contribution is 2.43. The Bertz CT molecular complexity index is 244. The predicted molar refractivity (Wildman–Crippen MR) is 68.3 cm³/mol. The molecule has 0 aliphatic heterocycles. The summed E-state index contributed by atoms with van der Waals surface area (Å²) in [7, 11) is 0. The average molecular weight is 225 g/mol. The number of hydrogen-bond acceptors (Lipinski definition) is 1. The van der Waals surface area contributed by atoms with E-state index in [2.05, 4.69) is 39.9 Å². The lowest BCUT2D eigenvalue weighted by Crippen LogP contribution is -2.55. The number of carbonyl (C=O) groups is 1. The molecule has 0 atom stereocenters. The molecule has 94 valence electrons. The quantitative estimate of drug-likeness (QED) is 0.782. The summed E-state index contributed by atoms with van der Waals surface area (Å²) in [6, 6.07) is 0. The van der Waals surface area contributed by atoms with Crippen molar-refractivity contribution in [2.24, 2.45) is 11.3 Å². The van der Waals surface area contributed by atoms with Gasteiger partial charge in [0.25, 0.3) is 0 Å². The third-order valence-corrected chi connectivity index (χ3v) is 3.87. The van der Waals surface area contributed by atoms with Crippen molar-refractivity contribution in [3.8, 4) is 0 Å². The van der Waals surface area contributed by atoms with Gasteiger partial charge in [-0.2, -0.15) is 0 Å². The van der Waals surface area contributed by atoms with E-state index in [1.54, 1.807) is 0 Å². The van der Waals surface area contributed by atoms with E-state index < -0.39 is 0 Å². The Balaban J connectivity index is 2.69. The van der Waals surface area contributed by atoms with Crippen LogP contribution in [0.2, 0.25) is 0 Å². The fourth-order valence-electron chi connectivity index (χ4n) is 2.73. The highest BCUT2D eigenvalue weighted by molar-refractivity contribution is 5.77. The molecule has 0 aromatic carbocycles. The Morgan fingerprint density at radius 1 is 1.25 bits per heavy atom. The van der Waals surface area contributed by atoms with E-state index in [4.69, 9.17) is 0 Å². The molecule has 1 fully saturated rings. The molecule has 2 nitrogen and oxygen atoms in total. The minimum atomic E-state index is 0.0406. The number of carbonyl (C=O) groups excluding carboxylic acids is 1. The van der Waals surface area contributed by atoms with Crippen molar-refractivity contribution < 1.29 is 4.79 Å². The van der Waals surface area contributed by atoms with Gasteiger partial charge in [-0.05, 0) is 24.2 Å². The van der Waals surface area contributed by atoms with E-state index in [0.717, 1.165) is 12.8 Å². The zero-order valence-corrected chi connectivity index (χ0v) is 11.5. The van der Waals surface area contributed by atoms with Crippen LogP contribution < -0.4 is 5.32 Å². The first-order valence-corrected chi connectivity index (χ1v) is 6.58. The van der Waals surface area contributed by atoms with Gasteiger partial charge in [0.2, 0.25) is 5.91 Å². The van der Waals surface area contributed by atoms with Gasteiger partial charge >= 0.3 is 0 Å². The molecule has 1 aliphatic carbocycles.